The van der Waals surface area contributed by atoms with Gasteiger partial charge >= 0.3 is 0 Å². The monoisotopic (exact) mass is 344 g/mol. The van der Waals surface area contributed by atoms with Crippen molar-refractivity contribution < 1.29 is 14.3 Å². The Bertz CT molecular complexity index is 701. The highest BCUT2D eigenvalue weighted by Gasteiger charge is 2.18. The smallest absolute Gasteiger partial charge is 0.225 e. The molecule has 2 aromatic rings. The van der Waals surface area contributed by atoms with Crippen molar-refractivity contribution in [2.75, 3.05) is 25.5 Å². The van der Waals surface area contributed by atoms with E-state index >= 15 is 0 Å². The molecule has 0 spiro atoms. The van der Waals surface area contributed by atoms with Gasteiger partial charge in [-0.05, 0) is 42.3 Å². The zero-order valence-electron chi connectivity index (χ0n) is 14.9. The molecule has 1 unspecified atom stereocenters. The summed E-state index contributed by atoms with van der Waals surface area (Å²) in [4.78, 5) is 16.2. The quantitative estimate of drug-likeness (QED) is 0.837. The van der Waals surface area contributed by atoms with Crippen molar-refractivity contribution in [1.82, 2.24) is 4.90 Å². The molecule has 0 heterocycles. The highest BCUT2D eigenvalue weighted by atomic mass is 19.1. The summed E-state index contributed by atoms with van der Waals surface area (Å²) in [5, 5.41) is 10.2. The lowest BCUT2D eigenvalue weighted by Crippen LogP contribution is -2.31. The summed E-state index contributed by atoms with van der Waals surface area (Å²) in [5.41, 5.74) is 2.54. The lowest BCUT2D eigenvalue weighted by atomic mass is 10.1. The number of benzene rings is 2. The summed E-state index contributed by atoms with van der Waals surface area (Å²) in [6.45, 7) is 2.93. The Hall–Kier alpha value is -2.40. The highest BCUT2D eigenvalue weighted by molar-refractivity contribution is 5.77. The molecule has 5 heteroatoms. The molecule has 0 saturated carbocycles. The Labute approximate surface area is 148 Å². The fraction of sp³-hybridized carbons (Fsp3) is 0.350. The predicted molar refractivity (Wildman–Crippen MR) is 97.8 cm³/mol. The molecule has 0 saturated heterocycles. The Morgan fingerprint density at radius 3 is 2.40 bits per heavy atom. The van der Waals surface area contributed by atoms with Crippen LogP contribution in [0.25, 0.3) is 0 Å². The van der Waals surface area contributed by atoms with Crippen LogP contribution < -0.4 is 4.90 Å². The molecular formula is C20H25FN2O2. The number of carbonyl (C=O) groups excluding carboxylic acids is 1. The number of aliphatic hydroxyl groups excluding tert-OH is 1. The van der Waals surface area contributed by atoms with Gasteiger partial charge in [0.15, 0.2) is 0 Å². The summed E-state index contributed by atoms with van der Waals surface area (Å²) in [6.07, 6.45) is -1.07. The standard InChI is InChI=1S/C20H25FN2O2/c1-4-23(14-15-8-10-18(11-9-15)22(2)3)20(25)13-19(24)16-6-5-7-17(21)12-16/h5-12,19,24H,4,13-14H2,1-3H3. The first-order valence-electron chi connectivity index (χ1n) is 8.38. The van der Waals surface area contributed by atoms with Gasteiger partial charge in [-0.15, -0.1) is 0 Å². The van der Waals surface area contributed by atoms with Crippen LogP contribution in [0.1, 0.15) is 30.6 Å². The average Bonchev–Trinajstić information content (AvgIpc) is 2.59. The third-order valence-electron chi connectivity index (χ3n) is 4.16. The van der Waals surface area contributed by atoms with E-state index < -0.39 is 11.9 Å². The van der Waals surface area contributed by atoms with E-state index in [4.69, 9.17) is 0 Å². The molecule has 0 radical (unpaired) electrons. The third kappa shape index (κ3) is 5.29. The summed E-state index contributed by atoms with van der Waals surface area (Å²) in [6, 6.07) is 13.7. The van der Waals surface area contributed by atoms with E-state index in [-0.39, 0.29) is 12.3 Å². The Morgan fingerprint density at radius 2 is 1.84 bits per heavy atom. The van der Waals surface area contributed by atoms with Gasteiger partial charge in [-0.3, -0.25) is 4.79 Å². The number of halogens is 1. The topological polar surface area (TPSA) is 43.8 Å². The van der Waals surface area contributed by atoms with Gasteiger partial charge in [-0.1, -0.05) is 24.3 Å². The van der Waals surface area contributed by atoms with Crippen molar-refractivity contribution in [3.63, 3.8) is 0 Å². The summed E-state index contributed by atoms with van der Waals surface area (Å²) >= 11 is 0. The first-order valence-corrected chi connectivity index (χ1v) is 8.38. The minimum atomic E-state index is -1.01. The number of nitrogens with zero attached hydrogens (tertiary/aromatic N) is 2. The second-order valence-corrected chi connectivity index (χ2v) is 6.24. The lowest BCUT2D eigenvalue weighted by molar-refractivity contribution is -0.133. The number of aliphatic hydroxyl groups is 1. The fourth-order valence-corrected chi connectivity index (χ4v) is 2.62. The number of hydrogen-bond donors (Lipinski definition) is 1. The van der Waals surface area contributed by atoms with Crippen LogP contribution in [0.2, 0.25) is 0 Å². The minimum absolute atomic E-state index is 0.0624. The molecule has 1 atom stereocenters. The second-order valence-electron chi connectivity index (χ2n) is 6.24. The summed E-state index contributed by atoms with van der Waals surface area (Å²) in [7, 11) is 3.95. The Morgan fingerprint density at radius 1 is 1.16 bits per heavy atom. The van der Waals surface area contributed by atoms with Crippen LogP contribution in [-0.2, 0) is 11.3 Å². The molecule has 0 fully saturated rings. The van der Waals surface area contributed by atoms with Gasteiger partial charge in [0.2, 0.25) is 5.91 Å². The Balaban J connectivity index is 2.00. The molecule has 0 aliphatic heterocycles. The lowest BCUT2D eigenvalue weighted by Gasteiger charge is -2.23. The number of amides is 1. The third-order valence-corrected chi connectivity index (χ3v) is 4.16. The molecular weight excluding hydrogens is 319 g/mol. The molecule has 0 aromatic heterocycles. The molecule has 25 heavy (non-hydrogen) atoms. The van der Waals surface area contributed by atoms with Crippen LogP contribution in [0.3, 0.4) is 0 Å². The van der Waals surface area contributed by atoms with Crippen LogP contribution in [0, 0.1) is 5.82 Å². The molecule has 0 bridgehead atoms. The van der Waals surface area contributed by atoms with Gasteiger partial charge in [-0.2, -0.15) is 0 Å². The van der Waals surface area contributed by atoms with E-state index in [0.717, 1.165) is 11.3 Å². The SMILES string of the molecule is CCN(Cc1ccc(N(C)C)cc1)C(=O)CC(O)c1cccc(F)c1. The van der Waals surface area contributed by atoms with Crippen LogP contribution in [0.5, 0.6) is 0 Å². The molecule has 1 amide bonds. The molecule has 1 N–H and O–H groups in total. The second kappa shape index (κ2) is 8.62. The van der Waals surface area contributed by atoms with E-state index in [1.807, 2.05) is 50.2 Å². The normalized spacial score (nSPS) is 11.9. The molecule has 4 nitrogen and oxygen atoms in total. The van der Waals surface area contributed by atoms with Gasteiger partial charge in [-0.25, -0.2) is 4.39 Å². The molecule has 0 aliphatic rings. The van der Waals surface area contributed by atoms with Gasteiger partial charge < -0.3 is 14.9 Å². The summed E-state index contributed by atoms with van der Waals surface area (Å²) < 4.78 is 13.3. The first-order chi connectivity index (χ1) is 11.9. The molecule has 2 aromatic carbocycles. The van der Waals surface area contributed by atoms with E-state index in [2.05, 4.69) is 0 Å². The van der Waals surface area contributed by atoms with Crippen molar-refractivity contribution in [3.05, 3.63) is 65.5 Å². The van der Waals surface area contributed by atoms with Crippen molar-refractivity contribution in [2.45, 2.75) is 26.0 Å². The average molecular weight is 344 g/mol. The molecule has 0 aliphatic carbocycles. The number of anilines is 1. The van der Waals surface area contributed by atoms with E-state index in [0.29, 0.717) is 18.7 Å². The summed E-state index contributed by atoms with van der Waals surface area (Å²) in [5.74, 6) is -0.576. The van der Waals surface area contributed by atoms with Gasteiger partial charge in [0.1, 0.15) is 5.82 Å². The van der Waals surface area contributed by atoms with Gasteiger partial charge in [0.05, 0.1) is 12.5 Å². The van der Waals surface area contributed by atoms with Crippen molar-refractivity contribution in [2.24, 2.45) is 0 Å². The Kier molecular flexibility index (Phi) is 6.53. The minimum Gasteiger partial charge on any atom is -0.388 e. The van der Waals surface area contributed by atoms with Gasteiger partial charge in [0.25, 0.3) is 0 Å². The zero-order valence-corrected chi connectivity index (χ0v) is 14.9. The predicted octanol–water partition coefficient (Wildman–Crippen LogP) is 3.36. The maximum atomic E-state index is 13.3. The fourth-order valence-electron chi connectivity index (χ4n) is 2.62. The van der Waals surface area contributed by atoms with Crippen LogP contribution >= 0.6 is 0 Å². The number of rotatable bonds is 7. The number of hydrogen-bond acceptors (Lipinski definition) is 3. The van der Waals surface area contributed by atoms with Crippen molar-refractivity contribution in [1.29, 1.82) is 0 Å². The molecule has 134 valence electrons. The van der Waals surface area contributed by atoms with Gasteiger partial charge in [0, 0.05) is 32.9 Å². The maximum absolute atomic E-state index is 13.3. The number of carbonyl (C=O) groups is 1. The maximum Gasteiger partial charge on any atom is 0.225 e. The van der Waals surface area contributed by atoms with E-state index in [1.165, 1.54) is 18.2 Å². The van der Waals surface area contributed by atoms with Crippen molar-refractivity contribution in [3.8, 4) is 0 Å². The van der Waals surface area contributed by atoms with Crippen LogP contribution in [-0.4, -0.2) is 36.6 Å². The van der Waals surface area contributed by atoms with Crippen molar-refractivity contribution >= 4 is 11.6 Å². The van der Waals surface area contributed by atoms with Crippen LogP contribution in [0.15, 0.2) is 48.5 Å². The van der Waals surface area contributed by atoms with Crippen LogP contribution in [0.4, 0.5) is 10.1 Å². The first kappa shape index (κ1) is 18.9. The zero-order chi connectivity index (χ0) is 18.4. The molecule has 2 rings (SSSR count). The van der Waals surface area contributed by atoms with E-state index in [9.17, 15) is 14.3 Å². The highest BCUT2D eigenvalue weighted by Crippen LogP contribution is 2.20. The largest absolute Gasteiger partial charge is 0.388 e. The van der Waals surface area contributed by atoms with E-state index in [1.54, 1.807) is 11.0 Å².